The van der Waals surface area contributed by atoms with Gasteiger partial charge in [0.05, 0.1) is 11.5 Å². The number of thioether (sulfide) groups is 1. The van der Waals surface area contributed by atoms with Gasteiger partial charge in [0.2, 0.25) is 0 Å². The third kappa shape index (κ3) is 3.70. The van der Waals surface area contributed by atoms with E-state index in [1.165, 1.54) is 16.7 Å². The lowest BCUT2D eigenvalue weighted by molar-refractivity contribution is -0.403. The van der Waals surface area contributed by atoms with Gasteiger partial charge in [0, 0.05) is 12.3 Å². The molecule has 0 radical (unpaired) electrons. The maximum atomic E-state index is 11.5. The standard InChI is InChI=1S/C8H12N2O5S/c11-3-4-15-8(12)9-2-1-5-16-7(9)6-10(13)14/h6,11H,1-5H2/b7-6-. The molecule has 1 amide bonds. The van der Waals surface area contributed by atoms with Gasteiger partial charge in [-0.15, -0.1) is 11.8 Å². The molecule has 90 valence electrons. The van der Waals surface area contributed by atoms with Gasteiger partial charge in [-0.1, -0.05) is 0 Å². The summed E-state index contributed by atoms with van der Waals surface area (Å²) in [6.07, 6.45) is 0.896. The van der Waals surface area contributed by atoms with Crippen LogP contribution in [0.3, 0.4) is 0 Å². The molecule has 7 nitrogen and oxygen atoms in total. The minimum Gasteiger partial charge on any atom is -0.447 e. The zero-order valence-corrected chi connectivity index (χ0v) is 9.31. The van der Waals surface area contributed by atoms with Crippen LogP contribution in [0.4, 0.5) is 4.79 Å². The second-order valence-corrected chi connectivity index (χ2v) is 4.06. The summed E-state index contributed by atoms with van der Waals surface area (Å²) < 4.78 is 4.70. The topological polar surface area (TPSA) is 92.9 Å². The van der Waals surface area contributed by atoms with Crippen LogP contribution in [-0.4, -0.2) is 46.5 Å². The number of ether oxygens (including phenoxy) is 1. The Morgan fingerprint density at radius 2 is 2.50 bits per heavy atom. The van der Waals surface area contributed by atoms with Crippen molar-refractivity contribution in [3.05, 3.63) is 21.3 Å². The number of aliphatic hydroxyl groups excluding tert-OH is 1. The molecule has 1 heterocycles. The lowest BCUT2D eigenvalue weighted by Gasteiger charge is -2.26. The number of nitro groups is 1. The van der Waals surface area contributed by atoms with Crippen LogP contribution in [0, 0.1) is 10.1 Å². The van der Waals surface area contributed by atoms with Gasteiger partial charge < -0.3 is 9.84 Å². The van der Waals surface area contributed by atoms with Gasteiger partial charge in [0.15, 0.2) is 5.03 Å². The zero-order chi connectivity index (χ0) is 12.0. The number of aliphatic hydroxyl groups is 1. The highest BCUT2D eigenvalue weighted by Gasteiger charge is 2.25. The Bertz CT molecular complexity index is 307. The van der Waals surface area contributed by atoms with Gasteiger partial charge in [0.25, 0.3) is 6.20 Å². The van der Waals surface area contributed by atoms with Crippen LogP contribution < -0.4 is 0 Å². The second-order valence-electron chi connectivity index (χ2n) is 2.94. The summed E-state index contributed by atoms with van der Waals surface area (Å²) >= 11 is 1.24. The van der Waals surface area contributed by atoms with Crippen molar-refractivity contribution in [2.45, 2.75) is 6.42 Å². The largest absolute Gasteiger partial charge is 0.447 e. The first kappa shape index (κ1) is 12.8. The second kappa shape index (κ2) is 6.33. The van der Waals surface area contributed by atoms with Gasteiger partial charge in [-0.3, -0.25) is 15.0 Å². The highest BCUT2D eigenvalue weighted by atomic mass is 32.2. The van der Waals surface area contributed by atoms with E-state index in [1.54, 1.807) is 0 Å². The van der Waals surface area contributed by atoms with Crippen LogP contribution in [0.25, 0.3) is 0 Å². The molecule has 1 aliphatic rings. The third-order valence-corrected chi connectivity index (χ3v) is 2.91. The van der Waals surface area contributed by atoms with Gasteiger partial charge in [-0.25, -0.2) is 4.79 Å². The number of carbonyl (C=O) groups is 1. The summed E-state index contributed by atoms with van der Waals surface area (Å²) in [5.74, 6) is 0.740. The van der Waals surface area contributed by atoms with Crippen LogP contribution in [0.15, 0.2) is 11.2 Å². The SMILES string of the molecule is O=C(OCCO)N1CCCS/C1=C\[N+](=O)[O-]. The maximum absolute atomic E-state index is 11.5. The van der Waals surface area contributed by atoms with Crippen LogP contribution in [0.2, 0.25) is 0 Å². The van der Waals surface area contributed by atoms with Crippen LogP contribution in [0.1, 0.15) is 6.42 Å². The van der Waals surface area contributed by atoms with Crippen LogP contribution in [-0.2, 0) is 4.74 Å². The minimum atomic E-state index is -0.658. The average Bonchev–Trinajstić information content (AvgIpc) is 2.26. The molecular weight excluding hydrogens is 236 g/mol. The fraction of sp³-hybridized carbons (Fsp3) is 0.625. The first-order chi connectivity index (χ1) is 7.65. The Balaban J connectivity index is 2.66. The van der Waals surface area contributed by atoms with E-state index in [0.717, 1.165) is 18.4 Å². The Kier molecular flexibility index (Phi) is 5.06. The molecule has 1 aliphatic heterocycles. The molecule has 0 aromatic rings. The minimum absolute atomic E-state index is 0.105. The Hall–Kier alpha value is -1.28. The van der Waals surface area contributed by atoms with Gasteiger partial charge in [-0.2, -0.15) is 0 Å². The molecule has 0 unspecified atom stereocenters. The van der Waals surface area contributed by atoms with Crippen molar-refractivity contribution in [1.29, 1.82) is 0 Å². The van der Waals surface area contributed by atoms with Crippen molar-refractivity contribution in [2.24, 2.45) is 0 Å². The lowest BCUT2D eigenvalue weighted by atomic mass is 10.4. The summed E-state index contributed by atoms with van der Waals surface area (Å²) in [5.41, 5.74) is 0. The van der Waals surface area contributed by atoms with E-state index in [9.17, 15) is 14.9 Å². The van der Waals surface area contributed by atoms with E-state index in [2.05, 4.69) is 0 Å². The fourth-order valence-corrected chi connectivity index (χ4v) is 2.14. The predicted octanol–water partition coefficient (Wildman–Crippen LogP) is 0.630. The molecule has 1 rings (SSSR count). The summed E-state index contributed by atoms with van der Waals surface area (Å²) in [4.78, 5) is 22.4. The number of amides is 1. The van der Waals surface area contributed by atoms with Gasteiger partial charge in [0.1, 0.15) is 6.61 Å². The summed E-state index contributed by atoms with van der Waals surface area (Å²) in [7, 11) is 0. The molecule has 0 atom stereocenters. The summed E-state index contributed by atoms with van der Waals surface area (Å²) in [5, 5.41) is 19.1. The van der Waals surface area contributed by atoms with Crippen LogP contribution >= 0.6 is 11.8 Å². The van der Waals surface area contributed by atoms with E-state index in [1.807, 2.05) is 0 Å². The van der Waals surface area contributed by atoms with E-state index in [4.69, 9.17) is 9.84 Å². The number of nitrogens with zero attached hydrogens (tertiary/aromatic N) is 2. The smallest absolute Gasteiger partial charge is 0.414 e. The first-order valence-corrected chi connectivity index (χ1v) is 5.67. The van der Waals surface area contributed by atoms with E-state index < -0.39 is 11.0 Å². The fourth-order valence-electron chi connectivity index (χ4n) is 1.18. The molecule has 1 fully saturated rings. The number of carbonyl (C=O) groups excluding carboxylic acids is 1. The summed E-state index contributed by atoms with van der Waals surface area (Å²) in [6, 6.07) is 0. The molecule has 0 spiro atoms. The van der Waals surface area contributed by atoms with Crippen molar-refractivity contribution >= 4 is 17.9 Å². The molecule has 1 N–H and O–H groups in total. The quantitative estimate of drug-likeness (QED) is 0.581. The molecular formula is C8H12N2O5S. The van der Waals surface area contributed by atoms with Crippen molar-refractivity contribution in [3.63, 3.8) is 0 Å². The predicted molar refractivity (Wildman–Crippen MR) is 57.3 cm³/mol. The lowest BCUT2D eigenvalue weighted by Crippen LogP contribution is -2.34. The molecule has 0 aromatic carbocycles. The highest BCUT2D eigenvalue weighted by Crippen LogP contribution is 2.27. The van der Waals surface area contributed by atoms with Crippen LogP contribution in [0.5, 0.6) is 0 Å². The zero-order valence-electron chi connectivity index (χ0n) is 8.50. The molecule has 8 heteroatoms. The average molecular weight is 248 g/mol. The molecule has 16 heavy (non-hydrogen) atoms. The maximum Gasteiger partial charge on any atom is 0.414 e. The van der Waals surface area contributed by atoms with Crippen molar-refractivity contribution in [3.8, 4) is 0 Å². The van der Waals surface area contributed by atoms with E-state index >= 15 is 0 Å². The normalized spacial score (nSPS) is 18.6. The number of rotatable bonds is 3. The van der Waals surface area contributed by atoms with Crippen molar-refractivity contribution in [2.75, 3.05) is 25.5 Å². The summed E-state index contributed by atoms with van der Waals surface area (Å²) in [6.45, 7) is 0.0314. The third-order valence-electron chi connectivity index (χ3n) is 1.80. The molecule has 1 saturated heterocycles. The molecule has 0 saturated carbocycles. The van der Waals surface area contributed by atoms with E-state index in [-0.39, 0.29) is 18.2 Å². The van der Waals surface area contributed by atoms with E-state index in [0.29, 0.717) is 6.54 Å². The Labute approximate surface area is 96.2 Å². The van der Waals surface area contributed by atoms with Crippen molar-refractivity contribution < 1.29 is 19.6 Å². The molecule has 0 aromatic heterocycles. The number of hydrogen-bond acceptors (Lipinski definition) is 6. The number of hydrogen-bond donors (Lipinski definition) is 1. The first-order valence-electron chi connectivity index (χ1n) is 4.68. The highest BCUT2D eigenvalue weighted by molar-refractivity contribution is 8.03. The Morgan fingerprint density at radius 3 is 3.12 bits per heavy atom. The van der Waals surface area contributed by atoms with Gasteiger partial charge >= 0.3 is 6.09 Å². The molecule has 0 bridgehead atoms. The Morgan fingerprint density at radius 1 is 1.75 bits per heavy atom. The monoisotopic (exact) mass is 248 g/mol. The molecule has 0 aliphatic carbocycles. The van der Waals surface area contributed by atoms with Crippen molar-refractivity contribution in [1.82, 2.24) is 4.90 Å². The van der Waals surface area contributed by atoms with Gasteiger partial charge in [-0.05, 0) is 6.42 Å².